The average Bonchev–Trinajstić information content (AvgIpc) is 2.68. The molecule has 1 amide bonds. The maximum Gasteiger partial charge on any atom is 0.238 e. The molecule has 5 heteroatoms. The standard InChI is InChI=1S/C22H28FN3O/c1-17-11-14-26(15-12-17)20-8-6-19(7-9-20)25-22(27)16-24-13-10-18-4-2-3-5-21(18)23/h2-9,17,24H,10-16H2,1H3,(H,25,27). The minimum absolute atomic E-state index is 0.0944. The van der Waals surface area contributed by atoms with E-state index in [1.54, 1.807) is 12.1 Å². The quantitative estimate of drug-likeness (QED) is 0.729. The minimum atomic E-state index is -0.202. The predicted molar refractivity (Wildman–Crippen MR) is 109 cm³/mol. The summed E-state index contributed by atoms with van der Waals surface area (Å²) in [4.78, 5) is 14.5. The smallest absolute Gasteiger partial charge is 0.238 e. The summed E-state index contributed by atoms with van der Waals surface area (Å²) in [6.45, 7) is 5.26. The minimum Gasteiger partial charge on any atom is -0.372 e. The Morgan fingerprint density at radius 1 is 1.11 bits per heavy atom. The van der Waals surface area contributed by atoms with Gasteiger partial charge in [-0.05, 0) is 67.6 Å². The van der Waals surface area contributed by atoms with Crippen molar-refractivity contribution in [2.45, 2.75) is 26.2 Å². The zero-order valence-electron chi connectivity index (χ0n) is 15.9. The van der Waals surface area contributed by atoms with Gasteiger partial charge < -0.3 is 15.5 Å². The molecule has 4 nitrogen and oxygen atoms in total. The van der Waals surface area contributed by atoms with E-state index in [0.717, 1.165) is 24.7 Å². The monoisotopic (exact) mass is 369 g/mol. The Balaban J connectivity index is 1.39. The Hall–Kier alpha value is -2.40. The molecular formula is C22H28FN3O. The van der Waals surface area contributed by atoms with E-state index >= 15 is 0 Å². The lowest BCUT2D eigenvalue weighted by Gasteiger charge is -2.32. The van der Waals surface area contributed by atoms with Crippen LogP contribution in [-0.4, -0.2) is 32.1 Å². The molecule has 0 spiro atoms. The van der Waals surface area contributed by atoms with Gasteiger partial charge in [-0.1, -0.05) is 25.1 Å². The molecule has 1 heterocycles. The number of halogens is 1. The summed E-state index contributed by atoms with van der Waals surface area (Å²) in [6.07, 6.45) is 3.02. The van der Waals surface area contributed by atoms with Crippen LogP contribution in [-0.2, 0) is 11.2 Å². The number of nitrogens with zero attached hydrogens (tertiary/aromatic N) is 1. The van der Waals surface area contributed by atoms with Crippen LogP contribution in [0.15, 0.2) is 48.5 Å². The van der Waals surface area contributed by atoms with Gasteiger partial charge in [0.15, 0.2) is 0 Å². The van der Waals surface area contributed by atoms with E-state index in [-0.39, 0.29) is 18.3 Å². The number of amides is 1. The SMILES string of the molecule is CC1CCN(c2ccc(NC(=O)CNCCc3ccccc3F)cc2)CC1. The van der Waals surface area contributed by atoms with Crippen molar-refractivity contribution in [3.05, 3.63) is 59.9 Å². The molecule has 0 aliphatic carbocycles. The fourth-order valence-electron chi connectivity index (χ4n) is 3.35. The third-order valence-corrected chi connectivity index (χ3v) is 5.11. The van der Waals surface area contributed by atoms with Gasteiger partial charge in [0.05, 0.1) is 6.54 Å². The zero-order chi connectivity index (χ0) is 19.1. The van der Waals surface area contributed by atoms with E-state index in [2.05, 4.69) is 34.6 Å². The first-order chi connectivity index (χ1) is 13.1. The molecule has 0 aromatic heterocycles. The van der Waals surface area contributed by atoms with E-state index in [1.165, 1.54) is 24.6 Å². The number of carbonyl (C=O) groups is 1. The zero-order valence-corrected chi connectivity index (χ0v) is 15.9. The lowest BCUT2D eigenvalue weighted by Crippen LogP contribution is -2.32. The van der Waals surface area contributed by atoms with Gasteiger partial charge in [-0.15, -0.1) is 0 Å². The molecule has 27 heavy (non-hydrogen) atoms. The maximum absolute atomic E-state index is 13.5. The second-order valence-corrected chi connectivity index (χ2v) is 7.28. The molecule has 2 aromatic rings. The summed E-state index contributed by atoms with van der Waals surface area (Å²) in [5.41, 5.74) is 2.67. The van der Waals surface area contributed by atoms with Crippen LogP contribution in [0.4, 0.5) is 15.8 Å². The van der Waals surface area contributed by atoms with Crippen LogP contribution in [0, 0.1) is 11.7 Å². The van der Waals surface area contributed by atoms with Crippen LogP contribution in [0.1, 0.15) is 25.3 Å². The molecular weight excluding hydrogens is 341 g/mol. The third kappa shape index (κ3) is 5.79. The van der Waals surface area contributed by atoms with Gasteiger partial charge in [-0.25, -0.2) is 4.39 Å². The second kappa shape index (κ2) is 9.51. The molecule has 1 aliphatic rings. The summed E-state index contributed by atoms with van der Waals surface area (Å²) in [5.74, 6) is 0.515. The van der Waals surface area contributed by atoms with Crippen molar-refractivity contribution >= 4 is 17.3 Å². The lowest BCUT2D eigenvalue weighted by molar-refractivity contribution is -0.115. The van der Waals surface area contributed by atoms with E-state index in [0.29, 0.717) is 18.5 Å². The molecule has 1 saturated heterocycles. The Kier molecular flexibility index (Phi) is 6.82. The van der Waals surface area contributed by atoms with Crippen molar-refractivity contribution in [1.82, 2.24) is 5.32 Å². The van der Waals surface area contributed by atoms with Gasteiger partial charge in [0, 0.05) is 24.5 Å². The van der Waals surface area contributed by atoms with Crippen LogP contribution in [0.5, 0.6) is 0 Å². The predicted octanol–water partition coefficient (Wildman–Crippen LogP) is 3.83. The number of piperidine rings is 1. The van der Waals surface area contributed by atoms with Crippen LogP contribution < -0.4 is 15.5 Å². The second-order valence-electron chi connectivity index (χ2n) is 7.28. The highest BCUT2D eigenvalue weighted by molar-refractivity contribution is 5.92. The van der Waals surface area contributed by atoms with Crippen molar-refractivity contribution in [1.29, 1.82) is 0 Å². The van der Waals surface area contributed by atoms with Crippen molar-refractivity contribution in [3.63, 3.8) is 0 Å². The first-order valence-electron chi connectivity index (χ1n) is 9.71. The van der Waals surface area contributed by atoms with Crippen molar-refractivity contribution in [2.24, 2.45) is 5.92 Å². The van der Waals surface area contributed by atoms with Gasteiger partial charge in [-0.2, -0.15) is 0 Å². The van der Waals surface area contributed by atoms with Crippen LogP contribution in [0.25, 0.3) is 0 Å². The topological polar surface area (TPSA) is 44.4 Å². The molecule has 2 N–H and O–H groups in total. The number of hydrogen-bond acceptors (Lipinski definition) is 3. The van der Waals surface area contributed by atoms with Crippen molar-refractivity contribution in [3.8, 4) is 0 Å². The number of carbonyl (C=O) groups excluding carboxylic acids is 1. The van der Waals surface area contributed by atoms with Crippen LogP contribution in [0.2, 0.25) is 0 Å². The summed E-state index contributed by atoms with van der Waals surface area (Å²) in [6, 6.07) is 14.7. The normalized spacial score (nSPS) is 15.0. The number of anilines is 2. The molecule has 1 fully saturated rings. The molecule has 2 aromatic carbocycles. The Morgan fingerprint density at radius 3 is 2.52 bits per heavy atom. The summed E-state index contributed by atoms with van der Waals surface area (Å²) in [7, 11) is 0. The van der Waals surface area contributed by atoms with E-state index < -0.39 is 0 Å². The largest absolute Gasteiger partial charge is 0.372 e. The van der Waals surface area contributed by atoms with E-state index in [9.17, 15) is 9.18 Å². The highest BCUT2D eigenvalue weighted by atomic mass is 19.1. The number of hydrogen-bond donors (Lipinski definition) is 2. The first-order valence-corrected chi connectivity index (χ1v) is 9.71. The maximum atomic E-state index is 13.5. The van der Waals surface area contributed by atoms with Crippen molar-refractivity contribution < 1.29 is 9.18 Å². The Morgan fingerprint density at radius 2 is 1.81 bits per heavy atom. The average molecular weight is 369 g/mol. The van der Waals surface area contributed by atoms with Gasteiger partial charge >= 0.3 is 0 Å². The molecule has 0 radical (unpaired) electrons. The number of benzene rings is 2. The third-order valence-electron chi connectivity index (χ3n) is 5.11. The van der Waals surface area contributed by atoms with Gasteiger partial charge in [0.2, 0.25) is 5.91 Å². The molecule has 144 valence electrons. The molecule has 1 aliphatic heterocycles. The van der Waals surface area contributed by atoms with Crippen LogP contribution in [0.3, 0.4) is 0 Å². The van der Waals surface area contributed by atoms with E-state index in [1.807, 2.05) is 18.2 Å². The molecule has 0 atom stereocenters. The number of nitrogens with one attached hydrogen (secondary N) is 2. The molecule has 0 bridgehead atoms. The van der Waals surface area contributed by atoms with E-state index in [4.69, 9.17) is 0 Å². The fraction of sp³-hybridized carbons (Fsp3) is 0.409. The highest BCUT2D eigenvalue weighted by Crippen LogP contribution is 2.24. The molecule has 3 rings (SSSR count). The lowest BCUT2D eigenvalue weighted by atomic mass is 9.99. The highest BCUT2D eigenvalue weighted by Gasteiger charge is 2.15. The van der Waals surface area contributed by atoms with Crippen molar-refractivity contribution in [2.75, 3.05) is 36.4 Å². The Labute approximate surface area is 160 Å². The number of rotatable bonds is 7. The molecule has 0 unspecified atom stereocenters. The van der Waals surface area contributed by atoms with Crippen LogP contribution >= 0.6 is 0 Å². The van der Waals surface area contributed by atoms with Gasteiger partial charge in [0.1, 0.15) is 5.82 Å². The fourth-order valence-corrected chi connectivity index (χ4v) is 3.35. The van der Waals surface area contributed by atoms with Gasteiger partial charge in [-0.3, -0.25) is 4.79 Å². The van der Waals surface area contributed by atoms with Gasteiger partial charge in [0.25, 0.3) is 0 Å². The summed E-state index contributed by atoms with van der Waals surface area (Å²) >= 11 is 0. The molecule has 0 saturated carbocycles. The summed E-state index contributed by atoms with van der Waals surface area (Å²) in [5, 5.41) is 5.96. The summed E-state index contributed by atoms with van der Waals surface area (Å²) < 4.78 is 13.5. The first kappa shape index (κ1) is 19.4. The Bertz CT molecular complexity index is 739.